The van der Waals surface area contributed by atoms with Crippen molar-refractivity contribution in [3.05, 3.63) is 23.1 Å². The number of aliphatic hydroxyl groups is 1. The second-order valence-electron chi connectivity index (χ2n) is 7.28. The standard InChI is InChI=1S/C22H36O4S/c1-5-7-9-11-17(23)14-13-16-15-19(27-4)21(24)20(16)18(22(25)26-3)12-10-8-6-2/h13-18,20,23H,5-12H2,1-4H3/b14-13+. The van der Waals surface area contributed by atoms with E-state index in [0.29, 0.717) is 11.3 Å². The molecule has 27 heavy (non-hydrogen) atoms. The van der Waals surface area contributed by atoms with Crippen molar-refractivity contribution in [2.75, 3.05) is 13.4 Å². The number of Topliss-reactive ketones (excluding diaryl/α,β-unsaturated/α-hetero) is 1. The average Bonchev–Trinajstić information content (AvgIpc) is 2.98. The summed E-state index contributed by atoms with van der Waals surface area (Å²) in [5.41, 5.74) is 0. The SMILES string of the molecule is CCCCCC(O)/C=C/C1C=C(SC)C(=O)C1C(CCCCC)C(=O)OC. The number of thioether (sulfide) groups is 1. The lowest BCUT2D eigenvalue weighted by Crippen LogP contribution is -2.32. The smallest absolute Gasteiger partial charge is 0.309 e. The van der Waals surface area contributed by atoms with Gasteiger partial charge in [0.2, 0.25) is 0 Å². The average molecular weight is 397 g/mol. The van der Waals surface area contributed by atoms with E-state index < -0.39 is 17.9 Å². The fourth-order valence-corrected chi connectivity index (χ4v) is 4.29. The number of hydrogen-bond donors (Lipinski definition) is 1. The van der Waals surface area contributed by atoms with Crippen LogP contribution in [0.5, 0.6) is 0 Å². The van der Waals surface area contributed by atoms with Gasteiger partial charge in [0.15, 0.2) is 5.78 Å². The summed E-state index contributed by atoms with van der Waals surface area (Å²) >= 11 is 1.43. The molecule has 4 atom stereocenters. The van der Waals surface area contributed by atoms with Crippen LogP contribution in [0, 0.1) is 17.8 Å². The number of carbonyl (C=O) groups excluding carboxylic acids is 2. The van der Waals surface area contributed by atoms with Crippen LogP contribution in [0.15, 0.2) is 23.1 Å². The molecule has 0 bridgehead atoms. The van der Waals surface area contributed by atoms with E-state index in [1.165, 1.54) is 18.9 Å². The van der Waals surface area contributed by atoms with Crippen LogP contribution in [0.4, 0.5) is 0 Å². The third-order valence-electron chi connectivity index (χ3n) is 5.24. The van der Waals surface area contributed by atoms with Gasteiger partial charge < -0.3 is 9.84 Å². The van der Waals surface area contributed by atoms with E-state index in [1.54, 1.807) is 6.08 Å². The van der Waals surface area contributed by atoms with Crippen molar-refractivity contribution in [3.63, 3.8) is 0 Å². The Morgan fingerprint density at radius 3 is 2.41 bits per heavy atom. The molecule has 1 aliphatic rings. The van der Waals surface area contributed by atoms with Crippen molar-refractivity contribution in [2.45, 2.75) is 71.3 Å². The molecule has 0 saturated heterocycles. The van der Waals surface area contributed by atoms with Crippen molar-refractivity contribution >= 4 is 23.5 Å². The lowest BCUT2D eigenvalue weighted by Gasteiger charge is -2.24. The molecule has 4 unspecified atom stereocenters. The van der Waals surface area contributed by atoms with Gasteiger partial charge in [0, 0.05) is 16.7 Å². The highest BCUT2D eigenvalue weighted by atomic mass is 32.2. The van der Waals surface area contributed by atoms with Gasteiger partial charge in [-0.15, -0.1) is 11.8 Å². The predicted octanol–water partition coefficient (Wildman–Crippen LogP) is 4.92. The fraction of sp³-hybridized carbons (Fsp3) is 0.727. The molecule has 0 fully saturated rings. The molecule has 5 heteroatoms. The zero-order valence-electron chi connectivity index (χ0n) is 17.3. The number of hydrogen-bond acceptors (Lipinski definition) is 5. The summed E-state index contributed by atoms with van der Waals surface area (Å²) in [6.07, 6.45) is 14.6. The number of aliphatic hydroxyl groups excluding tert-OH is 1. The molecule has 0 aromatic rings. The van der Waals surface area contributed by atoms with Crippen LogP contribution in [-0.4, -0.2) is 36.3 Å². The molecular weight excluding hydrogens is 360 g/mol. The highest BCUT2D eigenvalue weighted by Gasteiger charge is 2.43. The molecule has 0 radical (unpaired) electrons. The topological polar surface area (TPSA) is 63.6 Å². The number of ketones is 1. The van der Waals surface area contributed by atoms with E-state index in [0.717, 1.165) is 44.9 Å². The lowest BCUT2D eigenvalue weighted by atomic mass is 9.79. The van der Waals surface area contributed by atoms with Crippen LogP contribution in [0.2, 0.25) is 0 Å². The first kappa shape index (κ1) is 24.0. The first-order valence-corrected chi connectivity index (χ1v) is 11.5. The third-order valence-corrected chi connectivity index (χ3v) is 6.02. The maximum Gasteiger partial charge on any atom is 0.309 e. The Kier molecular flexibility index (Phi) is 11.7. The van der Waals surface area contributed by atoms with Crippen molar-refractivity contribution < 1.29 is 19.4 Å². The number of carbonyl (C=O) groups is 2. The van der Waals surface area contributed by atoms with Gasteiger partial charge >= 0.3 is 5.97 Å². The minimum atomic E-state index is -0.504. The zero-order valence-corrected chi connectivity index (χ0v) is 18.1. The van der Waals surface area contributed by atoms with E-state index in [1.807, 2.05) is 18.4 Å². The van der Waals surface area contributed by atoms with Gasteiger partial charge in [0.1, 0.15) is 0 Å². The maximum absolute atomic E-state index is 12.9. The Morgan fingerprint density at radius 1 is 1.22 bits per heavy atom. The Hall–Kier alpha value is -1.07. The van der Waals surface area contributed by atoms with Gasteiger partial charge in [-0.25, -0.2) is 0 Å². The number of unbranched alkanes of at least 4 members (excludes halogenated alkanes) is 4. The largest absolute Gasteiger partial charge is 0.469 e. The Bertz CT molecular complexity index is 526. The summed E-state index contributed by atoms with van der Waals surface area (Å²) in [4.78, 5) is 26.0. The summed E-state index contributed by atoms with van der Waals surface area (Å²) in [6, 6.07) is 0. The van der Waals surface area contributed by atoms with Gasteiger partial charge in [-0.2, -0.15) is 0 Å². The Morgan fingerprint density at radius 2 is 1.85 bits per heavy atom. The van der Waals surface area contributed by atoms with Crippen LogP contribution in [0.1, 0.15) is 65.2 Å². The van der Waals surface area contributed by atoms with Gasteiger partial charge in [-0.1, -0.05) is 70.6 Å². The first-order chi connectivity index (χ1) is 13.0. The molecule has 154 valence electrons. The molecule has 4 nitrogen and oxygen atoms in total. The molecule has 0 aromatic carbocycles. The molecule has 0 heterocycles. The molecule has 0 saturated carbocycles. The summed E-state index contributed by atoms with van der Waals surface area (Å²) in [5.74, 6) is -1.28. The van der Waals surface area contributed by atoms with Crippen LogP contribution in [0.3, 0.4) is 0 Å². The molecule has 0 aromatic heterocycles. The van der Waals surface area contributed by atoms with Crippen LogP contribution < -0.4 is 0 Å². The Labute approximate surface area is 168 Å². The lowest BCUT2D eigenvalue weighted by molar-refractivity contribution is -0.150. The number of esters is 1. The summed E-state index contributed by atoms with van der Waals surface area (Å²) in [6.45, 7) is 4.25. The van der Waals surface area contributed by atoms with Crippen LogP contribution in [0.25, 0.3) is 0 Å². The molecular formula is C22H36O4S. The van der Waals surface area contributed by atoms with Crippen molar-refractivity contribution in [1.29, 1.82) is 0 Å². The number of methoxy groups -OCH3 is 1. The number of rotatable bonds is 13. The van der Waals surface area contributed by atoms with Gasteiger partial charge in [-0.05, 0) is 19.1 Å². The minimum Gasteiger partial charge on any atom is -0.469 e. The highest BCUT2D eigenvalue weighted by Crippen LogP contribution is 2.40. The number of allylic oxidation sites excluding steroid dienone is 3. The third kappa shape index (κ3) is 7.46. The van der Waals surface area contributed by atoms with Gasteiger partial charge in [0.05, 0.1) is 19.1 Å². The molecule has 0 aliphatic heterocycles. The maximum atomic E-state index is 12.9. The van der Waals surface area contributed by atoms with E-state index in [2.05, 4.69) is 13.8 Å². The first-order valence-electron chi connectivity index (χ1n) is 10.2. The van der Waals surface area contributed by atoms with Crippen molar-refractivity contribution in [3.8, 4) is 0 Å². The van der Waals surface area contributed by atoms with E-state index in [4.69, 9.17) is 4.74 Å². The second-order valence-corrected chi connectivity index (χ2v) is 8.12. The molecule has 1 aliphatic carbocycles. The highest BCUT2D eigenvalue weighted by molar-refractivity contribution is 8.03. The van der Waals surface area contributed by atoms with E-state index in [9.17, 15) is 14.7 Å². The molecule has 1 N–H and O–H groups in total. The number of ether oxygens (including phenoxy) is 1. The van der Waals surface area contributed by atoms with Crippen molar-refractivity contribution in [2.24, 2.45) is 17.8 Å². The zero-order chi connectivity index (χ0) is 20.2. The fourth-order valence-electron chi connectivity index (χ4n) is 3.66. The second kappa shape index (κ2) is 13.2. The molecule has 1 rings (SSSR count). The van der Waals surface area contributed by atoms with Crippen LogP contribution in [-0.2, 0) is 14.3 Å². The van der Waals surface area contributed by atoms with Gasteiger partial charge in [0.25, 0.3) is 0 Å². The van der Waals surface area contributed by atoms with E-state index in [-0.39, 0.29) is 17.7 Å². The summed E-state index contributed by atoms with van der Waals surface area (Å²) < 4.78 is 5.02. The van der Waals surface area contributed by atoms with Crippen molar-refractivity contribution in [1.82, 2.24) is 0 Å². The molecule has 0 amide bonds. The molecule has 0 spiro atoms. The normalized spacial score (nSPS) is 22.1. The predicted molar refractivity (Wildman–Crippen MR) is 113 cm³/mol. The van der Waals surface area contributed by atoms with E-state index >= 15 is 0 Å². The summed E-state index contributed by atoms with van der Waals surface area (Å²) in [5, 5.41) is 10.2. The quantitative estimate of drug-likeness (QED) is 0.272. The van der Waals surface area contributed by atoms with Crippen LogP contribution >= 0.6 is 11.8 Å². The monoisotopic (exact) mass is 396 g/mol. The summed E-state index contributed by atoms with van der Waals surface area (Å²) in [7, 11) is 1.39. The Balaban J connectivity index is 2.94. The minimum absolute atomic E-state index is 0.0320. The van der Waals surface area contributed by atoms with Gasteiger partial charge in [-0.3, -0.25) is 9.59 Å².